The zero-order chi connectivity index (χ0) is 22.7. The zero-order valence-corrected chi connectivity index (χ0v) is 17.6. The SMILES string of the molecule is CC(C)(CNC(=O)O)CNc1ccccc1NC(=O)CNC(=O)OCc1ccccc1. The van der Waals surface area contributed by atoms with Gasteiger partial charge in [0.2, 0.25) is 5.91 Å². The minimum Gasteiger partial charge on any atom is -0.465 e. The van der Waals surface area contributed by atoms with E-state index in [1.54, 1.807) is 18.2 Å². The van der Waals surface area contributed by atoms with Crippen molar-refractivity contribution in [3.63, 3.8) is 0 Å². The second kappa shape index (κ2) is 11.4. The predicted molar refractivity (Wildman–Crippen MR) is 118 cm³/mol. The second-order valence-electron chi connectivity index (χ2n) is 7.69. The molecule has 0 aromatic heterocycles. The first-order valence-electron chi connectivity index (χ1n) is 9.79. The molecule has 0 unspecified atom stereocenters. The van der Waals surface area contributed by atoms with Crippen molar-refractivity contribution >= 4 is 29.5 Å². The lowest BCUT2D eigenvalue weighted by molar-refractivity contribution is -0.115. The number of benzene rings is 2. The lowest BCUT2D eigenvalue weighted by Gasteiger charge is -2.26. The fraction of sp³-hybridized carbons (Fsp3) is 0.318. The van der Waals surface area contributed by atoms with Crippen LogP contribution < -0.4 is 21.3 Å². The van der Waals surface area contributed by atoms with E-state index in [2.05, 4.69) is 21.3 Å². The summed E-state index contributed by atoms with van der Waals surface area (Å²) < 4.78 is 5.08. The van der Waals surface area contributed by atoms with Crippen LogP contribution in [-0.4, -0.2) is 42.8 Å². The molecule has 0 aliphatic heterocycles. The Morgan fingerprint density at radius 2 is 1.55 bits per heavy atom. The predicted octanol–water partition coefficient (Wildman–Crippen LogP) is 3.26. The summed E-state index contributed by atoms with van der Waals surface area (Å²) in [7, 11) is 0. The van der Waals surface area contributed by atoms with E-state index in [-0.39, 0.29) is 25.1 Å². The molecule has 9 nitrogen and oxygen atoms in total. The molecule has 0 saturated heterocycles. The third kappa shape index (κ3) is 9.07. The number of carbonyl (C=O) groups is 3. The van der Waals surface area contributed by atoms with Crippen molar-refractivity contribution in [2.24, 2.45) is 5.41 Å². The second-order valence-corrected chi connectivity index (χ2v) is 7.69. The number of hydrogen-bond donors (Lipinski definition) is 5. The standard InChI is InChI=1S/C22H28N4O5/c1-22(2,15-25-20(28)29)14-24-17-10-6-7-11-18(17)26-19(27)12-23-21(30)31-13-16-8-4-3-5-9-16/h3-11,24-25H,12-15H2,1-2H3,(H,23,30)(H,26,27)(H,28,29). The fourth-order valence-electron chi connectivity index (χ4n) is 2.58. The molecule has 31 heavy (non-hydrogen) atoms. The van der Waals surface area contributed by atoms with Gasteiger partial charge in [0, 0.05) is 13.1 Å². The molecule has 0 bridgehead atoms. The monoisotopic (exact) mass is 428 g/mol. The highest BCUT2D eigenvalue weighted by molar-refractivity contribution is 5.96. The highest BCUT2D eigenvalue weighted by atomic mass is 16.5. The Labute approximate surface area is 181 Å². The average molecular weight is 428 g/mol. The molecule has 0 radical (unpaired) electrons. The van der Waals surface area contributed by atoms with Gasteiger partial charge in [0.1, 0.15) is 13.2 Å². The van der Waals surface area contributed by atoms with Gasteiger partial charge in [-0.05, 0) is 23.1 Å². The number of carboxylic acid groups (broad SMARTS) is 1. The third-order valence-corrected chi connectivity index (χ3v) is 4.28. The van der Waals surface area contributed by atoms with Gasteiger partial charge in [-0.2, -0.15) is 0 Å². The number of ether oxygens (including phenoxy) is 1. The lowest BCUT2D eigenvalue weighted by atomic mass is 9.93. The highest BCUT2D eigenvalue weighted by Gasteiger charge is 2.19. The number of para-hydroxylation sites is 2. The highest BCUT2D eigenvalue weighted by Crippen LogP contribution is 2.23. The van der Waals surface area contributed by atoms with Gasteiger partial charge in [-0.3, -0.25) is 4.79 Å². The van der Waals surface area contributed by atoms with E-state index in [1.807, 2.05) is 50.2 Å². The summed E-state index contributed by atoms with van der Waals surface area (Å²) in [6.45, 7) is 4.47. The lowest BCUT2D eigenvalue weighted by Crippen LogP contribution is -2.37. The smallest absolute Gasteiger partial charge is 0.407 e. The summed E-state index contributed by atoms with van der Waals surface area (Å²) in [6.07, 6.45) is -1.76. The first kappa shape index (κ1) is 23.5. The summed E-state index contributed by atoms with van der Waals surface area (Å²) in [5.41, 5.74) is 1.74. The first-order valence-corrected chi connectivity index (χ1v) is 9.79. The van der Waals surface area contributed by atoms with Gasteiger partial charge in [0.05, 0.1) is 11.4 Å². The Hall–Kier alpha value is -3.75. The number of rotatable bonds is 10. The first-order chi connectivity index (χ1) is 14.7. The van der Waals surface area contributed by atoms with Crippen molar-refractivity contribution < 1.29 is 24.2 Å². The van der Waals surface area contributed by atoms with Gasteiger partial charge in [0.15, 0.2) is 0 Å². The summed E-state index contributed by atoms with van der Waals surface area (Å²) in [4.78, 5) is 34.7. The quantitative estimate of drug-likeness (QED) is 0.395. The Balaban J connectivity index is 1.80. The Morgan fingerprint density at radius 3 is 2.23 bits per heavy atom. The summed E-state index contributed by atoms with van der Waals surface area (Å²) in [5.74, 6) is -0.405. The summed E-state index contributed by atoms with van der Waals surface area (Å²) in [6, 6.07) is 16.4. The van der Waals surface area contributed by atoms with Gasteiger partial charge in [-0.15, -0.1) is 0 Å². The van der Waals surface area contributed by atoms with Crippen LogP contribution in [0.25, 0.3) is 0 Å². The van der Waals surface area contributed by atoms with Crippen LogP contribution in [0.4, 0.5) is 21.0 Å². The number of amides is 3. The van der Waals surface area contributed by atoms with E-state index >= 15 is 0 Å². The zero-order valence-electron chi connectivity index (χ0n) is 17.6. The van der Waals surface area contributed by atoms with Crippen LogP contribution in [-0.2, 0) is 16.1 Å². The molecule has 0 heterocycles. The molecule has 0 saturated carbocycles. The number of hydrogen-bond acceptors (Lipinski definition) is 5. The minimum atomic E-state index is -1.07. The maximum absolute atomic E-state index is 12.2. The number of anilines is 2. The number of alkyl carbamates (subject to hydrolysis) is 1. The molecule has 0 atom stereocenters. The number of nitrogens with one attached hydrogen (secondary N) is 4. The van der Waals surface area contributed by atoms with Gasteiger partial charge in [0.25, 0.3) is 0 Å². The van der Waals surface area contributed by atoms with Crippen LogP contribution in [0.5, 0.6) is 0 Å². The topological polar surface area (TPSA) is 129 Å². The molecular formula is C22H28N4O5. The van der Waals surface area contributed by atoms with E-state index in [9.17, 15) is 14.4 Å². The van der Waals surface area contributed by atoms with E-state index in [0.29, 0.717) is 17.9 Å². The van der Waals surface area contributed by atoms with Gasteiger partial charge in [-0.25, -0.2) is 9.59 Å². The molecule has 0 fully saturated rings. The normalized spacial score (nSPS) is 10.6. The van der Waals surface area contributed by atoms with E-state index in [1.165, 1.54) is 0 Å². The van der Waals surface area contributed by atoms with E-state index in [4.69, 9.17) is 9.84 Å². The maximum Gasteiger partial charge on any atom is 0.407 e. The molecule has 0 aliphatic rings. The molecule has 0 spiro atoms. The van der Waals surface area contributed by atoms with Crippen LogP contribution in [0, 0.1) is 5.41 Å². The third-order valence-electron chi connectivity index (χ3n) is 4.28. The molecule has 5 N–H and O–H groups in total. The summed E-state index contributed by atoms with van der Waals surface area (Å²) >= 11 is 0. The van der Waals surface area contributed by atoms with Crippen LogP contribution in [0.1, 0.15) is 19.4 Å². The van der Waals surface area contributed by atoms with E-state index < -0.39 is 18.1 Å². The van der Waals surface area contributed by atoms with E-state index in [0.717, 1.165) is 5.56 Å². The largest absolute Gasteiger partial charge is 0.465 e. The average Bonchev–Trinajstić information content (AvgIpc) is 2.75. The molecule has 2 aromatic carbocycles. The fourth-order valence-corrected chi connectivity index (χ4v) is 2.58. The van der Waals surface area contributed by atoms with Crippen molar-refractivity contribution in [2.75, 3.05) is 30.3 Å². The van der Waals surface area contributed by atoms with Crippen molar-refractivity contribution in [3.05, 3.63) is 60.2 Å². The van der Waals surface area contributed by atoms with Gasteiger partial charge >= 0.3 is 12.2 Å². The summed E-state index contributed by atoms with van der Waals surface area (Å²) in [5, 5.41) is 19.5. The minimum absolute atomic E-state index is 0.119. The van der Waals surface area contributed by atoms with Crippen LogP contribution in [0.2, 0.25) is 0 Å². The van der Waals surface area contributed by atoms with Gasteiger partial charge < -0.3 is 31.1 Å². The van der Waals surface area contributed by atoms with Crippen molar-refractivity contribution in [2.45, 2.75) is 20.5 Å². The van der Waals surface area contributed by atoms with Crippen LogP contribution >= 0.6 is 0 Å². The molecule has 166 valence electrons. The molecule has 9 heteroatoms. The van der Waals surface area contributed by atoms with Crippen LogP contribution in [0.3, 0.4) is 0 Å². The van der Waals surface area contributed by atoms with Crippen molar-refractivity contribution in [3.8, 4) is 0 Å². The number of carbonyl (C=O) groups excluding carboxylic acids is 2. The van der Waals surface area contributed by atoms with Crippen molar-refractivity contribution in [1.82, 2.24) is 10.6 Å². The van der Waals surface area contributed by atoms with Gasteiger partial charge in [-0.1, -0.05) is 56.3 Å². The molecular weight excluding hydrogens is 400 g/mol. The molecule has 3 amide bonds. The van der Waals surface area contributed by atoms with Crippen LogP contribution in [0.15, 0.2) is 54.6 Å². The molecule has 2 rings (SSSR count). The molecule has 2 aromatic rings. The Kier molecular flexibility index (Phi) is 8.68. The Bertz CT molecular complexity index is 886. The molecule has 0 aliphatic carbocycles. The van der Waals surface area contributed by atoms with Crippen molar-refractivity contribution in [1.29, 1.82) is 0 Å². The maximum atomic E-state index is 12.2. The Morgan fingerprint density at radius 1 is 0.903 bits per heavy atom.